The smallest absolute Gasteiger partial charge is 0.0589 e. The number of ether oxygens (including phenoxy) is 1. The Labute approximate surface area is 117 Å². The number of nitrogens with zero attached hydrogens (tertiary/aromatic N) is 1. The van der Waals surface area contributed by atoms with Crippen molar-refractivity contribution < 1.29 is 4.74 Å². The highest BCUT2D eigenvalue weighted by molar-refractivity contribution is 5.19. The Morgan fingerprint density at radius 3 is 2.63 bits per heavy atom. The van der Waals surface area contributed by atoms with Crippen LogP contribution in [0.4, 0.5) is 0 Å². The third kappa shape index (κ3) is 5.55. The van der Waals surface area contributed by atoms with E-state index in [1.807, 2.05) is 24.3 Å². The van der Waals surface area contributed by atoms with E-state index in [0.29, 0.717) is 5.92 Å². The molecule has 0 bridgehead atoms. The summed E-state index contributed by atoms with van der Waals surface area (Å²) in [5, 5.41) is 0. The van der Waals surface area contributed by atoms with Gasteiger partial charge in [0.2, 0.25) is 0 Å². The Balaban J connectivity index is 2.55. The summed E-state index contributed by atoms with van der Waals surface area (Å²) >= 11 is 0. The summed E-state index contributed by atoms with van der Waals surface area (Å²) in [4.78, 5) is 2.32. The van der Waals surface area contributed by atoms with Crippen LogP contribution in [0.15, 0.2) is 43.0 Å². The first-order valence-electron chi connectivity index (χ1n) is 6.81. The molecule has 1 aromatic carbocycles. The van der Waals surface area contributed by atoms with E-state index < -0.39 is 0 Å². The second-order valence-electron chi connectivity index (χ2n) is 4.95. The zero-order chi connectivity index (χ0) is 14.1. The van der Waals surface area contributed by atoms with E-state index in [1.54, 1.807) is 7.11 Å². The van der Waals surface area contributed by atoms with E-state index in [0.717, 1.165) is 26.2 Å². The van der Waals surface area contributed by atoms with Gasteiger partial charge in [-0.3, -0.25) is 4.90 Å². The first kappa shape index (κ1) is 15.9. The SMILES string of the molecule is C=CCN(CCOC)CC(C)C(N)c1ccccc1. The van der Waals surface area contributed by atoms with Crippen molar-refractivity contribution in [3.8, 4) is 0 Å². The lowest BCUT2D eigenvalue weighted by atomic mass is 9.95. The van der Waals surface area contributed by atoms with Crippen LogP contribution in [0.2, 0.25) is 0 Å². The molecule has 19 heavy (non-hydrogen) atoms. The van der Waals surface area contributed by atoms with E-state index in [1.165, 1.54) is 5.56 Å². The van der Waals surface area contributed by atoms with Gasteiger partial charge in [0.15, 0.2) is 0 Å². The summed E-state index contributed by atoms with van der Waals surface area (Å²) in [5.74, 6) is 0.388. The minimum atomic E-state index is 0.0658. The average Bonchev–Trinajstić information content (AvgIpc) is 2.45. The van der Waals surface area contributed by atoms with Crippen molar-refractivity contribution in [3.63, 3.8) is 0 Å². The molecule has 0 aromatic heterocycles. The van der Waals surface area contributed by atoms with Gasteiger partial charge in [-0.2, -0.15) is 0 Å². The van der Waals surface area contributed by atoms with Crippen LogP contribution in [0.3, 0.4) is 0 Å². The van der Waals surface area contributed by atoms with Gasteiger partial charge in [0.25, 0.3) is 0 Å². The number of rotatable bonds is 9. The normalized spacial score (nSPS) is 14.3. The van der Waals surface area contributed by atoms with Crippen LogP contribution in [-0.4, -0.2) is 38.3 Å². The fourth-order valence-corrected chi connectivity index (χ4v) is 2.18. The minimum absolute atomic E-state index is 0.0658. The first-order chi connectivity index (χ1) is 9.19. The highest BCUT2D eigenvalue weighted by Crippen LogP contribution is 2.19. The summed E-state index contributed by atoms with van der Waals surface area (Å²) in [6.07, 6.45) is 1.93. The predicted molar refractivity (Wildman–Crippen MR) is 81.0 cm³/mol. The van der Waals surface area contributed by atoms with Crippen LogP contribution in [-0.2, 0) is 4.74 Å². The van der Waals surface area contributed by atoms with E-state index in [-0.39, 0.29) is 6.04 Å². The molecule has 0 amide bonds. The quantitative estimate of drug-likeness (QED) is 0.695. The van der Waals surface area contributed by atoms with Gasteiger partial charge in [-0.25, -0.2) is 0 Å². The zero-order valence-electron chi connectivity index (χ0n) is 12.1. The first-order valence-corrected chi connectivity index (χ1v) is 6.81. The maximum Gasteiger partial charge on any atom is 0.0589 e. The number of methoxy groups -OCH3 is 1. The molecule has 2 unspecified atom stereocenters. The maximum atomic E-state index is 6.33. The van der Waals surface area contributed by atoms with Crippen molar-refractivity contribution in [3.05, 3.63) is 48.6 Å². The molecule has 0 aliphatic heterocycles. The van der Waals surface area contributed by atoms with Crippen molar-refractivity contribution >= 4 is 0 Å². The molecule has 2 N–H and O–H groups in total. The summed E-state index contributed by atoms with van der Waals surface area (Å²) < 4.78 is 5.14. The molecule has 106 valence electrons. The molecule has 1 aromatic rings. The van der Waals surface area contributed by atoms with Gasteiger partial charge in [-0.1, -0.05) is 43.3 Å². The van der Waals surface area contributed by atoms with Crippen LogP contribution in [0.5, 0.6) is 0 Å². The molecule has 0 aliphatic carbocycles. The lowest BCUT2D eigenvalue weighted by molar-refractivity contribution is 0.142. The number of hydrogen-bond donors (Lipinski definition) is 1. The molecule has 3 nitrogen and oxygen atoms in total. The Morgan fingerprint density at radius 1 is 1.37 bits per heavy atom. The second kappa shape index (κ2) is 8.86. The van der Waals surface area contributed by atoms with Crippen molar-refractivity contribution in [1.82, 2.24) is 4.90 Å². The second-order valence-corrected chi connectivity index (χ2v) is 4.95. The van der Waals surface area contributed by atoms with Crippen LogP contribution in [0.1, 0.15) is 18.5 Å². The van der Waals surface area contributed by atoms with Gasteiger partial charge in [0.1, 0.15) is 0 Å². The lowest BCUT2D eigenvalue weighted by Crippen LogP contribution is -2.35. The Morgan fingerprint density at radius 2 is 2.05 bits per heavy atom. The standard InChI is InChI=1S/C16H26N2O/c1-4-10-18(11-12-19-3)13-14(2)16(17)15-8-6-5-7-9-15/h4-9,14,16H,1,10-13,17H2,2-3H3. The van der Waals surface area contributed by atoms with Crippen molar-refractivity contribution in [2.45, 2.75) is 13.0 Å². The molecular formula is C16H26N2O. The fraction of sp³-hybridized carbons (Fsp3) is 0.500. The molecule has 0 aliphatic rings. The monoisotopic (exact) mass is 262 g/mol. The van der Waals surface area contributed by atoms with Gasteiger partial charge < -0.3 is 10.5 Å². The lowest BCUT2D eigenvalue weighted by Gasteiger charge is -2.28. The van der Waals surface area contributed by atoms with Crippen LogP contribution < -0.4 is 5.73 Å². The van der Waals surface area contributed by atoms with Gasteiger partial charge >= 0.3 is 0 Å². The van der Waals surface area contributed by atoms with Gasteiger partial charge in [0, 0.05) is 32.8 Å². The summed E-state index contributed by atoms with van der Waals surface area (Å²) in [5.41, 5.74) is 7.52. The number of benzene rings is 1. The van der Waals surface area contributed by atoms with E-state index in [9.17, 15) is 0 Å². The molecule has 0 heterocycles. The summed E-state index contributed by atoms with van der Waals surface area (Å²) in [6.45, 7) is 9.47. The van der Waals surface area contributed by atoms with E-state index >= 15 is 0 Å². The summed E-state index contributed by atoms with van der Waals surface area (Å²) in [6, 6.07) is 10.3. The van der Waals surface area contributed by atoms with Gasteiger partial charge in [-0.05, 0) is 11.5 Å². The van der Waals surface area contributed by atoms with E-state index in [2.05, 4.69) is 30.5 Å². The average molecular weight is 262 g/mol. The van der Waals surface area contributed by atoms with Crippen molar-refractivity contribution in [1.29, 1.82) is 0 Å². The minimum Gasteiger partial charge on any atom is -0.383 e. The number of hydrogen-bond acceptors (Lipinski definition) is 3. The zero-order valence-corrected chi connectivity index (χ0v) is 12.1. The highest BCUT2D eigenvalue weighted by atomic mass is 16.5. The third-order valence-electron chi connectivity index (χ3n) is 3.34. The van der Waals surface area contributed by atoms with E-state index in [4.69, 9.17) is 10.5 Å². The fourth-order valence-electron chi connectivity index (χ4n) is 2.18. The Kier molecular flexibility index (Phi) is 7.41. The Hall–Kier alpha value is -1.16. The van der Waals surface area contributed by atoms with Crippen LogP contribution in [0.25, 0.3) is 0 Å². The summed E-state index contributed by atoms with van der Waals surface area (Å²) in [7, 11) is 1.73. The molecule has 0 saturated carbocycles. The molecule has 2 atom stereocenters. The molecule has 0 spiro atoms. The molecule has 0 radical (unpaired) electrons. The van der Waals surface area contributed by atoms with Crippen molar-refractivity contribution in [2.75, 3.05) is 33.4 Å². The molecular weight excluding hydrogens is 236 g/mol. The third-order valence-corrected chi connectivity index (χ3v) is 3.34. The predicted octanol–water partition coefficient (Wildman–Crippen LogP) is 2.46. The molecule has 0 fully saturated rings. The van der Waals surface area contributed by atoms with Gasteiger partial charge in [0.05, 0.1) is 6.61 Å². The van der Waals surface area contributed by atoms with Crippen LogP contribution >= 0.6 is 0 Å². The van der Waals surface area contributed by atoms with Gasteiger partial charge in [-0.15, -0.1) is 6.58 Å². The Bertz CT molecular complexity index is 353. The maximum absolute atomic E-state index is 6.33. The molecule has 1 rings (SSSR count). The molecule has 0 saturated heterocycles. The van der Waals surface area contributed by atoms with Crippen molar-refractivity contribution in [2.24, 2.45) is 11.7 Å². The topological polar surface area (TPSA) is 38.5 Å². The van der Waals surface area contributed by atoms with Crippen LogP contribution in [0, 0.1) is 5.92 Å². The molecule has 3 heteroatoms. The largest absolute Gasteiger partial charge is 0.383 e. The highest BCUT2D eigenvalue weighted by Gasteiger charge is 2.17. The number of nitrogens with two attached hydrogens (primary N) is 1.